The van der Waals surface area contributed by atoms with E-state index in [1.54, 1.807) is 0 Å². The highest BCUT2D eigenvalue weighted by molar-refractivity contribution is 5.10. The molecule has 0 aromatic carbocycles. The molecule has 16 heavy (non-hydrogen) atoms. The van der Waals surface area contributed by atoms with Gasteiger partial charge in [-0.25, -0.2) is 0 Å². The lowest BCUT2D eigenvalue weighted by molar-refractivity contribution is -0.192. The number of fused-ring (bicyclic) bond motifs is 1. The summed E-state index contributed by atoms with van der Waals surface area (Å²) in [6.45, 7) is 8.28. The lowest BCUT2D eigenvalue weighted by atomic mass is 9.55. The highest BCUT2D eigenvalue weighted by atomic mass is 16.5. The van der Waals surface area contributed by atoms with E-state index < -0.39 is 0 Å². The van der Waals surface area contributed by atoms with Gasteiger partial charge in [0.05, 0.1) is 12.2 Å². The van der Waals surface area contributed by atoms with Crippen molar-refractivity contribution in [2.45, 2.75) is 58.3 Å². The van der Waals surface area contributed by atoms with Crippen LogP contribution < -0.4 is 5.32 Å². The zero-order valence-corrected chi connectivity index (χ0v) is 10.7. The molecule has 94 valence electrons. The lowest BCUT2D eigenvalue weighted by Gasteiger charge is -2.60. The fraction of sp³-hybridized carbons (Fsp3) is 1.00. The second-order valence-electron chi connectivity index (χ2n) is 5.99. The Morgan fingerprint density at radius 1 is 1.50 bits per heavy atom. The second-order valence-corrected chi connectivity index (χ2v) is 5.99. The van der Waals surface area contributed by atoms with Gasteiger partial charge in [-0.3, -0.25) is 0 Å². The first-order chi connectivity index (χ1) is 7.53. The molecule has 0 aromatic heterocycles. The summed E-state index contributed by atoms with van der Waals surface area (Å²) >= 11 is 0. The van der Waals surface area contributed by atoms with Gasteiger partial charge in [-0.2, -0.15) is 0 Å². The quantitative estimate of drug-likeness (QED) is 0.765. The van der Waals surface area contributed by atoms with E-state index in [4.69, 9.17) is 4.74 Å². The Bertz CT molecular complexity index is 240. The first-order valence-corrected chi connectivity index (χ1v) is 6.56. The maximum absolute atomic E-state index is 9.25. The summed E-state index contributed by atoms with van der Waals surface area (Å²) in [6.07, 6.45) is 3.58. The standard InChI is InChI=1S/C13H25NO2/c1-9(15)6-7-14-11-10-5-4-8-16-12(10)13(11,2)3/h9-12,14-15H,4-8H2,1-3H3. The molecule has 0 radical (unpaired) electrons. The Morgan fingerprint density at radius 2 is 2.25 bits per heavy atom. The minimum absolute atomic E-state index is 0.200. The van der Waals surface area contributed by atoms with Crippen LogP contribution in [0.15, 0.2) is 0 Å². The van der Waals surface area contributed by atoms with Gasteiger partial charge in [-0.15, -0.1) is 0 Å². The molecule has 2 rings (SSSR count). The van der Waals surface area contributed by atoms with E-state index in [0.717, 1.165) is 19.6 Å². The summed E-state index contributed by atoms with van der Waals surface area (Å²) < 4.78 is 5.86. The van der Waals surface area contributed by atoms with Crippen molar-refractivity contribution < 1.29 is 9.84 Å². The molecule has 2 aliphatic rings. The van der Waals surface area contributed by atoms with Crippen LogP contribution in [0.5, 0.6) is 0 Å². The van der Waals surface area contributed by atoms with E-state index in [1.807, 2.05) is 6.92 Å². The number of aliphatic hydroxyl groups excluding tert-OH is 1. The fourth-order valence-corrected chi connectivity index (χ4v) is 3.38. The molecule has 2 fully saturated rings. The van der Waals surface area contributed by atoms with Crippen LogP contribution in [0.4, 0.5) is 0 Å². The van der Waals surface area contributed by atoms with Crippen LogP contribution in [-0.4, -0.2) is 36.5 Å². The average Bonchev–Trinajstić information content (AvgIpc) is 2.24. The van der Waals surface area contributed by atoms with Crippen LogP contribution in [0.1, 0.15) is 40.0 Å². The molecule has 4 atom stereocenters. The zero-order valence-electron chi connectivity index (χ0n) is 10.7. The van der Waals surface area contributed by atoms with Crippen molar-refractivity contribution in [2.75, 3.05) is 13.2 Å². The van der Waals surface area contributed by atoms with Crippen molar-refractivity contribution in [2.24, 2.45) is 11.3 Å². The molecule has 0 amide bonds. The van der Waals surface area contributed by atoms with Gasteiger partial charge in [0, 0.05) is 24.0 Å². The summed E-state index contributed by atoms with van der Waals surface area (Å²) in [5, 5.41) is 12.9. The van der Waals surface area contributed by atoms with Gasteiger partial charge in [-0.05, 0) is 32.7 Å². The maximum atomic E-state index is 9.25. The highest BCUT2D eigenvalue weighted by Gasteiger charge is 2.57. The smallest absolute Gasteiger partial charge is 0.0684 e. The van der Waals surface area contributed by atoms with Crippen molar-refractivity contribution >= 4 is 0 Å². The Balaban J connectivity index is 1.84. The van der Waals surface area contributed by atoms with E-state index in [9.17, 15) is 5.11 Å². The van der Waals surface area contributed by atoms with E-state index >= 15 is 0 Å². The molecule has 0 spiro atoms. The number of ether oxygens (including phenoxy) is 1. The van der Waals surface area contributed by atoms with Crippen LogP contribution in [-0.2, 0) is 4.74 Å². The molecule has 1 aliphatic carbocycles. The van der Waals surface area contributed by atoms with Crippen LogP contribution in [0.2, 0.25) is 0 Å². The normalized spacial score (nSPS) is 38.6. The molecule has 1 aliphatic heterocycles. The topological polar surface area (TPSA) is 41.5 Å². The van der Waals surface area contributed by atoms with Crippen molar-refractivity contribution in [3.05, 3.63) is 0 Å². The Hall–Kier alpha value is -0.120. The summed E-state index contributed by atoms with van der Waals surface area (Å²) in [5.74, 6) is 0.692. The number of hydrogen-bond donors (Lipinski definition) is 2. The van der Waals surface area contributed by atoms with E-state index in [0.29, 0.717) is 18.1 Å². The Labute approximate surface area is 98.6 Å². The largest absolute Gasteiger partial charge is 0.393 e. The van der Waals surface area contributed by atoms with Crippen molar-refractivity contribution in [1.82, 2.24) is 5.32 Å². The molecule has 4 unspecified atom stereocenters. The molecular weight excluding hydrogens is 202 g/mol. The van der Waals surface area contributed by atoms with Crippen molar-refractivity contribution in [3.63, 3.8) is 0 Å². The van der Waals surface area contributed by atoms with Crippen LogP contribution in [0, 0.1) is 11.3 Å². The number of hydrogen-bond acceptors (Lipinski definition) is 3. The lowest BCUT2D eigenvalue weighted by Crippen LogP contribution is -2.69. The van der Waals surface area contributed by atoms with Gasteiger partial charge in [0.25, 0.3) is 0 Å². The number of aliphatic hydroxyl groups is 1. The monoisotopic (exact) mass is 227 g/mol. The molecule has 2 N–H and O–H groups in total. The second kappa shape index (κ2) is 4.63. The molecule has 0 bridgehead atoms. The summed E-state index contributed by atoms with van der Waals surface area (Å²) in [6, 6.07) is 0.566. The minimum atomic E-state index is -0.200. The minimum Gasteiger partial charge on any atom is -0.393 e. The molecular formula is C13H25NO2. The maximum Gasteiger partial charge on any atom is 0.0684 e. The van der Waals surface area contributed by atoms with Crippen LogP contribution in [0.3, 0.4) is 0 Å². The molecule has 1 heterocycles. The molecule has 1 saturated carbocycles. The average molecular weight is 227 g/mol. The molecule has 3 heteroatoms. The fourth-order valence-electron chi connectivity index (χ4n) is 3.38. The summed E-state index contributed by atoms with van der Waals surface area (Å²) in [7, 11) is 0. The van der Waals surface area contributed by atoms with Gasteiger partial charge in [0.1, 0.15) is 0 Å². The molecule has 3 nitrogen and oxygen atoms in total. The van der Waals surface area contributed by atoms with E-state index in [2.05, 4.69) is 19.2 Å². The molecule has 0 aromatic rings. The van der Waals surface area contributed by atoms with E-state index in [1.165, 1.54) is 12.8 Å². The number of rotatable bonds is 4. The predicted octanol–water partition coefficient (Wildman–Crippen LogP) is 1.55. The Morgan fingerprint density at radius 3 is 2.94 bits per heavy atom. The first kappa shape index (κ1) is 12.3. The summed E-state index contributed by atoms with van der Waals surface area (Å²) in [5.41, 5.74) is 0.254. The molecule has 1 saturated heterocycles. The van der Waals surface area contributed by atoms with Crippen molar-refractivity contribution in [3.8, 4) is 0 Å². The van der Waals surface area contributed by atoms with E-state index in [-0.39, 0.29) is 11.5 Å². The third kappa shape index (κ3) is 2.13. The first-order valence-electron chi connectivity index (χ1n) is 6.56. The highest BCUT2D eigenvalue weighted by Crippen LogP contribution is 2.51. The Kier molecular flexibility index (Phi) is 3.57. The predicted molar refractivity (Wildman–Crippen MR) is 64.3 cm³/mol. The van der Waals surface area contributed by atoms with Crippen LogP contribution >= 0.6 is 0 Å². The van der Waals surface area contributed by atoms with Gasteiger partial charge in [0.15, 0.2) is 0 Å². The van der Waals surface area contributed by atoms with Crippen LogP contribution in [0.25, 0.3) is 0 Å². The summed E-state index contributed by atoms with van der Waals surface area (Å²) in [4.78, 5) is 0. The SMILES string of the molecule is CC(O)CCNC1C2CCCOC2C1(C)C. The number of nitrogens with one attached hydrogen (secondary N) is 1. The van der Waals surface area contributed by atoms with Crippen molar-refractivity contribution in [1.29, 1.82) is 0 Å². The zero-order chi connectivity index (χ0) is 11.8. The third-order valence-corrected chi connectivity index (χ3v) is 4.26. The van der Waals surface area contributed by atoms with Gasteiger partial charge in [0.2, 0.25) is 0 Å². The third-order valence-electron chi connectivity index (χ3n) is 4.26. The van der Waals surface area contributed by atoms with Gasteiger partial charge >= 0.3 is 0 Å². The van der Waals surface area contributed by atoms with Gasteiger partial charge in [-0.1, -0.05) is 13.8 Å². The van der Waals surface area contributed by atoms with Gasteiger partial charge < -0.3 is 15.2 Å².